The average molecular weight is 261 g/mol. The lowest BCUT2D eigenvalue weighted by molar-refractivity contribution is 0.0694. The first-order valence-electron chi connectivity index (χ1n) is 5.54. The zero-order valence-corrected chi connectivity index (χ0v) is 10.2. The number of rotatable bonds is 3. The smallest absolute Gasteiger partial charge is 0.339 e. The number of ether oxygens (including phenoxy) is 1. The third-order valence-corrected chi connectivity index (χ3v) is 2.61. The molecule has 98 valence electrons. The number of hydrogen-bond donors (Lipinski definition) is 2. The highest BCUT2D eigenvalue weighted by molar-refractivity contribution is 5.91. The van der Waals surface area contributed by atoms with Gasteiger partial charge in [0.25, 0.3) is 0 Å². The van der Waals surface area contributed by atoms with E-state index in [-0.39, 0.29) is 17.1 Å². The Bertz CT molecular complexity index is 641. The van der Waals surface area contributed by atoms with Crippen LogP contribution in [0, 0.1) is 12.7 Å². The minimum atomic E-state index is -1.14. The molecule has 2 rings (SSSR count). The second-order valence-electron chi connectivity index (χ2n) is 4.07. The Labute approximate surface area is 109 Å². The molecule has 0 bridgehead atoms. The molecule has 0 fully saturated rings. The topological polar surface area (TPSA) is 72.5 Å². The molecule has 4 nitrogen and oxygen atoms in total. The van der Waals surface area contributed by atoms with Crippen LogP contribution in [0.3, 0.4) is 0 Å². The highest BCUT2D eigenvalue weighted by atomic mass is 19.1. The van der Waals surface area contributed by atoms with Crippen LogP contribution in [0.4, 0.5) is 10.1 Å². The van der Waals surface area contributed by atoms with E-state index in [1.54, 1.807) is 13.0 Å². The average Bonchev–Trinajstić information content (AvgIpc) is 2.33. The first kappa shape index (κ1) is 12.9. The van der Waals surface area contributed by atoms with E-state index in [2.05, 4.69) is 0 Å². The van der Waals surface area contributed by atoms with Crippen LogP contribution >= 0.6 is 0 Å². The van der Waals surface area contributed by atoms with Crippen molar-refractivity contribution in [1.82, 2.24) is 0 Å². The Morgan fingerprint density at radius 2 is 1.95 bits per heavy atom. The SMILES string of the molecule is Cc1ccc(F)cc1Oc1cc(N)ccc1C(=O)O. The fourth-order valence-electron chi connectivity index (χ4n) is 1.60. The summed E-state index contributed by atoms with van der Waals surface area (Å²) in [4.78, 5) is 11.1. The molecule has 0 aliphatic heterocycles. The maximum Gasteiger partial charge on any atom is 0.339 e. The van der Waals surface area contributed by atoms with Gasteiger partial charge >= 0.3 is 5.97 Å². The first-order chi connectivity index (χ1) is 8.97. The van der Waals surface area contributed by atoms with Crippen LogP contribution in [0.2, 0.25) is 0 Å². The summed E-state index contributed by atoms with van der Waals surface area (Å²) >= 11 is 0. The van der Waals surface area contributed by atoms with Crippen molar-refractivity contribution in [3.8, 4) is 11.5 Å². The summed E-state index contributed by atoms with van der Waals surface area (Å²) < 4.78 is 18.6. The van der Waals surface area contributed by atoms with Gasteiger partial charge in [0, 0.05) is 17.8 Å². The zero-order chi connectivity index (χ0) is 14.0. The van der Waals surface area contributed by atoms with E-state index in [9.17, 15) is 9.18 Å². The minimum Gasteiger partial charge on any atom is -0.478 e. The Morgan fingerprint density at radius 3 is 2.63 bits per heavy atom. The van der Waals surface area contributed by atoms with Gasteiger partial charge in [0.15, 0.2) is 0 Å². The van der Waals surface area contributed by atoms with E-state index in [0.29, 0.717) is 11.3 Å². The number of nitrogen functional groups attached to an aromatic ring is 1. The van der Waals surface area contributed by atoms with Crippen LogP contribution < -0.4 is 10.5 Å². The lowest BCUT2D eigenvalue weighted by Crippen LogP contribution is -2.01. The monoisotopic (exact) mass is 261 g/mol. The molecular formula is C14H12FNO3. The van der Waals surface area contributed by atoms with E-state index in [4.69, 9.17) is 15.6 Å². The predicted octanol–water partition coefficient (Wildman–Crippen LogP) is 3.21. The highest BCUT2D eigenvalue weighted by Crippen LogP contribution is 2.30. The van der Waals surface area contributed by atoms with Crippen molar-refractivity contribution in [2.24, 2.45) is 0 Å². The van der Waals surface area contributed by atoms with Crippen LogP contribution in [0.5, 0.6) is 11.5 Å². The van der Waals surface area contributed by atoms with Gasteiger partial charge in [-0.1, -0.05) is 6.07 Å². The van der Waals surface area contributed by atoms with E-state index >= 15 is 0 Å². The summed E-state index contributed by atoms with van der Waals surface area (Å²) in [5.41, 5.74) is 6.64. The summed E-state index contributed by atoms with van der Waals surface area (Å²) in [6.45, 7) is 1.74. The van der Waals surface area contributed by atoms with Crippen molar-refractivity contribution in [2.45, 2.75) is 6.92 Å². The van der Waals surface area contributed by atoms with E-state index < -0.39 is 11.8 Å². The summed E-state index contributed by atoms with van der Waals surface area (Å²) in [5, 5.41) is 9.06. The number of anilines is 1. The number of halogens is 1. The van der Waals surface area contributed by atoms with Crippen LogP contribution in [-0.2, 0) is 0 Å². The molecule has 2 aromatic carbocycles. The van der Waals surface area contributed by atoms with Crippen LogP contribution in [0.25, 0.3) is 0 Å². The molecule has 0 amide bonds. The minimum absolute atomic E-state index is 0.0298. The summed E-state index contributed by atoms with van der Waals surface area (Å²) in [6, 6.07) is 8.27. The number of aromatic carboxylic acids is 1. The van der Waals surface area contributed by atoms with Gasteiger partial charge in [-0.2, -0.15) is 0 Å². The molecule has 0 radical (unpaired) electrons. The van der Waals surface area contributed by atoms with Gasteiger partial charge in [0.1, 0.15) is 22.9 Å². The molecule has 3 N–H and O–H groups in total. The molecule has 0 saturated heterocycles. The third kappa shape index (κ3) is 2.82. The summed E-state index contributed by atoms with van der Waals surface area (Å²) in [7, 11) is 0. The van der Waals surface area contributed by atoms with Crippen molar-refractivity contribution in [1.29, 1.82) is 0 Å². The van der Waals surface area contributed by atoms with E-state index in [0.717, 1.165) is 0 Å². The highest BCUT2D eigenvalue weighted by Gasteiger charge is 2.13. The molecule has 0 saturated carbocycles. The number of carbonyl (C=O) groups is 1. The van der Waals surface area contributed by atoms with Gasteiger partial charge in [-0.3, -0.25) is 0 Å². The lowest BCUT2D eigenvalue weighted by atomic mass is 10.1. The molecule has 0 aliphatic rings. The van der Waals surface area contributed by atoms with Crippen LogP contribution in [-0.4, -0.2) is 11.1 Å². The molecule has 0 atom stereocenters. The quantitative estimate of drug-likeness (QED) is 0.832. The maximum atomic E-state index is 13.2. The van der Waals surface area contributed by atoms with Gasteiger partial charge in [-0.25, -0.2) is 9.18 Å². The van der Waals surface area contributed by atoms with Gasteiger partial charge < -0.3 is 15.6 Å². The van der Waals surface area contributed by atoms with Gasteiger partial charge in [0.05, 0.1) is 0 Å². The van der Waals surface area contributed by atoms with Crippen molar-refractivity contribution in [2.75, 3.05) is 5.73 Å². The molecule has 0 heterocycles. The molecule has 0 aliphatic carbocycles. The number of carboxylic acid groups (broad SMARTS) is 1. The Kier molecular flexibility index (Phi) is 3.37. The Hall–Kier alpha value is -2.56. The molecule has 5 heteroatoms. The Balaban J connectivity index is 2.45. The first-order valence-corrected chi connectivity index (χ1v) is 5.54. The predicted molar refractivity (Wildman–Crippen MR) is 69.0 cm³/mol. The van der Waals surface area contributed by atoms with Gasteiger partial charge in [-0.15, -0.1) is 0 Å². The van der Waals surface area contributed by atoms with E-state index in [1.165, 1.54) is 30.3 Å². The zero-order valence-electron chi connectivity index (χ0n) is 10.2. The summed E-state index contributed by atoms with van der Waals surface area (Å²) in [5.74, 6) is -1.25. The Morgan fingerprint density at radius 1 is 1.21 bits per heavy atom. The van der Waals surface area contributed by atoms with Crippen molar-refractivity contribution in [3.63, 3.8) is 0 Å². The van der Waals surface area contributed by atoms with Gasteiger partial charge in [0.2, 0.25) is 0 Å². The second kappa shape index (κ2) is 4.97. The van der Waals surface area contributed by atoms with Gasteiger partial charge in [-0.05, 0) is 30.7 Å². The lowest BCUT2D eigenvalue weighted by Gasteiger charge is -2.11. The molecule has 2 aromatic rings. The molecule has 0 spiro atoms. The van der Waals surface area contributed by atoms with Crippen molar-refractivity contribution < 1.29 is 19.0 Å². The fraction of sp³-hybridized carbons (Fsp3) is 0.0714. The van der Waals surface area contributed by atoms with Crippen molar-refractivity contribution in [3.05, 3.63) is 53.3 Å². The largest absolute Gasteiger partial charge is 0.478 e. The molecular weight excluding hydrogens is 249 g/mol. The van der Waals surface area contributed by atoms with Crippen molar-refractivity contribution >= 4 is 11.7 Å². The molecule has 0 unspecified atom stereocenters. The van der Waals surface area contributed by atoms with E-state index in [1.807, 2.05) is 0 Å². The number of hydrogen-bond acceptors (Lipinski definition) is 3. The van der Waals surface area contributed by atoms with Crippen LogP contribution in [0.1, 0.15) is 15.9 Å². The normalized spacial score (nSPS) is 10.2. The molecule has 19 heavy (non-hydrogen) atoms. The number of carboxylic acids is 1. The maximum absolute atomic E-state index is 13.2. The fourth-order valence-corrected chi connectivity index (χ4v) is 1.60. The summed E-state index contributed by atoms with van der Waals surface area (Å²) in [6.07, 6.45) is 0. The third-order valence-electron chi connectivity index (χ3n) is 2.61. The molecule has 0 aromatic heterocycles. The second-order valence-corrected chi connectivity index (χ2v) is 4.07. The van der Waals surface area contributed by atoms with Crippen LogP contribution in [0.15, 0.2) is 36.4 Å². The number of benzene rings is 2. The number of nitrogens with two attached hydrogens (primary N) is 1. The standard InChI is InChI=1S/C14H12FNO3/c1-8-2-3-9(15)6-12(8)19-13-7-10(16)4-5-11(13)14(17)18/h2-7H,16H2,1H3,(H,17,18). The number of aryl methyl sites for hydroxylation is 1.